The Bertz CT molecular complexity index is 740. The molecule has 2 N–H and O–H groups in total. The maximum atomic E-state index is 13.4. The summed E-state index contributed by atoms with van der Waals surface area (Å²) in [5.41, 5.74) is 4.00. The van der Waals surface area contributed by atoms with Crippen molar-refractivity contribution in [3.05, 3.63) is 63.9 Å². The zero-order valence-corrected chi connectivity index (χ0v) is 13.1. The molecule has 8 heteroatoms. The van der Waals surface area contributed by atoms with Crippen LogP contribution in [0.5, 0.6) is 5.75 Å². The number of hydrogen-bond donors (Lipinski definition) is 2. The first-order valence-corrected chi connectivity index (χ1v) is 7.14. The predicted octanol–water partition coefficient (Wildman–Crippen LogP) is 2.97. The first-order chi connectivity index (χ1) is 11.0. The summed E-state index contributed by atoms with van der Waals surface area (Å²) in [4.78, 5) is 23.3. The van der Waals surface area contributed by atoms with E-state index in [2.05, 4.69) is 10.9 Å². The third kappa shape index (κ3) is 4.84. The number of carbonyl (C=O) groups is 2. The minimum Gasteiger partial charge on any atom is -0.482 e. The monoisotopic (exact) mass is 356 g/mol. The molecule has 0 fully saturated rings. The molecule has 0 aliphatic rings. The molecule has 0 radical (unpaired) electrons. The van der Waals surface area contributed by atoms with Crippen molar-refractivity contribution < 1.29 is 18.7 Å². The highest BCUT2D eigenvalue weighted by Crippen LogP contribution is 2.27. The minimum atomic E-state index is -0.780. The molecule has 0 saturated heterocycles. The summed E-state index contributed by atoms with van der Waals surface area (Å²) in [6, 6.07) is 9.94. The van der Waals surface area contributed by atoms with E-state index >= 15 is 0 Å². The number of rotatable bonds is 4. The van der Waals surface area contributed by atoms with Crippen LogP contribution in [0, 0.1) is 5.82 Å². The molecule has 0 atom stereocenters. The molecular weight excluding hydrogens is 346 g/mol. The molecule has 23 heavy (non-hydrogen) atoms. The zero-order valence-electron chi connectivity index (χ0n) is 11.6. The van der Waals surface area contributed by atoms with E-state index in [-0.39, 0.29) is 16.3 Å². The van der Waals surface area contributed by atoms with Crippen LogP contribution in [0.2, 0.25) is 10.0 Å². The smallest absolute Gasteiger partial charge is 0.276 e. The Labute approximate surface area is 141 Å². The quantitative estimate of drug-likeness (QED) is 0.827. The number of carbonyl (C=O) groups excluding carboxylic acids is 2. The molecule has 5 nitrogen and oxygen atoms in total. The van der Waals surface area contributed by atoms with Crippen LogP contribution in [-0.4, -0.2) is 18.4 Å². The van der Waals surface area contributed by atoms with Crippen molar-refractivity contribution in [3.8, 4) is 5.75 Å². The maximum Gasteiger partial charge on any atom is 0.276 e. The van der Waals surface area contributed by atoms with Crippen LogP contribution >= 0.6 is 23.2 Å². The van der Waals surface area contributed by atoms with E-state index in [1.807, 2.05) is 0 Å². The Hall–Kier alpha value is -2.31. The summed E-state index contributed by atoms with van der Waals surface area (Å²) >= 11 is 11.7. The molecule has 0 saturated carbocycles. The van der Waals surface area contributed by atoms with Gasteiger partial charge in [-0.15, -0.1) is 0 Å². The van der Waals surface area contributed by atoms with E-state index in [1.165, 1.54) is 30.3 Å². The largest absolute Gasteiger partial charge is 0.482 e. The van der Waals surface area contributed by atoms with Crippen molar-refractivity contribution in [2.75, 3.05) is 6.61 Å². The Morgan fingerprint density at radius 3 is 2.57 bits per heavy atom. The molecule has 120 valence electrons. The number of amides is 2. The Kier molecular flexibility index (Phi) is 5.78. The topological polar surface area (TPSA) is 67.4 Å². The second-order valence-electron chi connectivity index (χ2n) is 4.35. The number of ether oxygens (including phenoxy) is 1. The summed E-state index contributed by atoms with van der Waals surface area (Å²) < 4.78 is 18.6. The molecule has 0 heterocycles. The van der Waals surface area contributed by atoms with E-state index in [4.69, 9.17) is 27.9 Å². The number of halogens is 3. The molecule has 2 aromatic carbocycles. The summed E-state index contributed by atoms with van der Waals surface area (Å²) in [6.45, 7) is -0.405. The van der Waals surface area contributed by atoms with Crippen molar-refractivity contribution in [2.45, 2.75) is 0 Å². The van der Waals surface area contributed by atoms with Gasteiger partial charge >= 0.3 is 0 Å². The van der Waals surface area contributed by atoms with Crippen molar-refractivity contribution in [1.82, 2.24) is 10.9 Å². The lowest BCUT2D eigenvalue weighted by atomic mass is 10.2. The average Bonchev–Trinajstić information content (AvgIpc) is 2.54. The Morgan fingerprint density at radius 1 is 1.09 bits per heavy atom. The first kappa shape index (κ1) is 17.1. The molecular formula is C15H11Cl2FN2O3. The van der Waals surface area contributed by atoms with Crippen LogP contribution in [0.3, 0.4) is 0 Å². The fraction of sp³-hybridized carbons (Fsp3) is 0.0667. The predicted molar refractivity (Wildman–Crippen MR) is 84.0 cm³/mol. The van der Waals surface area contributed by atoms with Gasteiger partial charge in [0.15, 0.2) is 6.61 Å². The van der Waals surface area contributed by atoms with E-state index in [0.717, 1.165) is 6.07 Å². The molecule has 2 aromatic rings. The number of benzene rings is 2. The molecule has 0 unspecified atom stereocenters. The molecule has 0 aromatic heterocycles. The minimum absolute atomic E-state index is 0.188. The van der Waals surface area contributed by atoms with Crippen LogP contribution in [-0.2, 0) is 4.79 Å². The summed E-state index contributed by atoms with van der Waals surface area (Å²) in [6.07, 6.45) is 0. The second-order valence-corrected chi connectivity index (χ2v) is 5.19. The van der Waals surface area contributed by atoms with Crippen LogP contribution in [0.4, 0.5) is 4.39 Å². The molecule has 2 rings (SSSR count). The third-order valence-electron chi connectivity index (χ3n) is 2.69. The second kappa shape index (κ2) is 7.80. The zero-order chi connectivity index (χ0) is 16.8. The van der Waals surface area contributed by atoms with Gasteiger partial charge in [-0.05, 0) is 24.3 Å². The molecule has 0 aliphatic carbocycles. The lowest BCUT2D eigenvalue weighted by Crippen LogP contribution is -2.44. The van der Waals surface area contributed by atoms with E-state index in [0.29, 0.717) is 5.02 Å². The first-order valence-electron chi connectivity index (χ1n) is 6.39. The summed E-state index contributed by atoms with van der Waals surface area (Å²) in [5, 5.41) is 0.690. The lowest BCUT2D eigenvalue weighted by molar-refractivity contribution is -0.123. The highest BCUT2D eigenvalue weighted by molar-refractivity contribution is 6.34. The summed E-state index contributed by atoms with van der Waals surface area (Å²) in [7, 11) is 0. The maximum absolute atomic E-state index is 13.4. The number of hydrogen-bond acceptors (Lipinski definition) is 3. The van der Waals surface area contributed by atoms with Gasteiger partial charge in [0.1, 0.15) is 11.6 Å². The van der Waals surface area contributed by atoms with Crippen molar-refractivity contribution in [1.29, 1.82) is 0 Å². The van der Waals surface area contributed by atoms with Gasteiger partial charge in [0.2, 0.25) is 0 Å². The standard InChI is InChI=1S/C15H11Cl2FN2O3/c16-9-5-6-11(17)13(7-9)23-8-14(21)19-20-15(22)10-3-1-2-4-12(10)18/h1-7H,8H2,(H,19,21)(H,20,22). The number of hydrazine groups is 1. The Morgan fingerprint density at radius 2 is 1.83 bits per heavy atom. The average molecular weight is 357 g/mol. The lowest BCUT2D eigenvalue weighted by Gasteiger charge is -2.10. The van der Waals surface area contributed by atoms with Gasteiger partial charge < -0.3 is 4.74 Å². The highest BCUT2D eigenvalue weighted by atomic mass is 35.5. The molecule has 0 aliphatic heterocycles. The fourth-order valence-electron chi connectivity index (χ4n) is 1.61. The van der Waals surface area contributed by atoms with Crippen LogP contribution in [0.1, 0.15) is 10.4 Å². The molecule has 0 spiro atoms. The van der Waals surface area contributed by atoms with Crippen molar-refractivity contribution >= 4 is 35.0 Å². The van der Waals surface area contributed by atoms with Crippen LogP contribution in [0.25, 0.3) is 0 Å². The molecule has 2 amide bonds. The van der Waals surface area contributed by atoms with Crippen LogP contribution in [0.15, 0.2) is 42.5 Å². The summed E-state index contributed by atoms with van der Waals surface area (Å²) in [5.74, 6) is -1.89. The Balaban J connectivity index is 1.85. The van der Waals surface area contributed by atoms with Gasteiger partial charge in [-0.25, -0.2) is 4.39 Å². The van der Waals surface area contributed by atoms with Gasteiger partial charge in [0.25, 0.3) is 11.8 Å². The van der Waals surface area contributed by atoms with E-state index < -0.39 is 24.2 Å². The van der Waals surface area contributed by atoms with Crippen molar-refractivity contribution in [3.63, 3.8) is 0 Å². The van der Waals surface area contributed by atoms with Crippen LogP contribution < -0.4 is 15.6 Å². The van der Waals surface area contributed by atoms with Gasteiger partial charge in [-0.1, -0.05) is 35.3 Å². The normalized spacial score (nSPS) is 10.0. The van der Waals surface area contributed by atoms with Crippen molar-refractivity contribution in [2.24, 2.45) is 0 Å². The van der Waals surface area contributed by atoms with Gasteiger partial charge in [0.05, 0.1) is 10.6 Å². The van der Waals surface area contributed by atoms with E-state index in [9.17, 15) is 14.0 Å². The van der Waals surface area contributed by atoms with E-state index in [1.54, 1.807) is 6.07 Å². The SMILES string of the molecule is O=C(COc1cc(Cl)ccc1Cl)NNC(=O)c1ccccc1F. The molecule has 0 bridgehead atoms. The highest BCUT2D eigenvalue weighted by Gasteiger charge is 2.12. The van der Waals surface area contributed by atoms with Gasteiger partial charge in [-0.3, -0.25) is 20.4 Å². The fourth-order valence-corrected chi connectivity index (χ4v) is 1.94. The third-order valence-corrected chi connectivity index (χ3v) is 3.23. The van der Waals surface area contributed by atoms with Gasteiger partial charge in [-0.2, -0.15) is 0 Å². The number of nitrogens with one attached hydrogen (secondary N) is 2. The van der Waals surface area contributed by atoms with Gasteiger partial charge in [0, 0.05) is 11.1 Å².